The van der Waals surface area contributed by atoms with E-state index in [0.717, 1.165) is 17.8 Å². The van der Waals surface area contributed by atoms with Gasteiger partial charge in [0.15, 0.2) is 0 Å². The van der Waals surface area contributed by atoms with Crippen LogP contribution < -0.4 is 5.73 Å². The summed E-state index contributed by atoms with van der Waals surface area (Å²) >= 11 is 1.58. The molecule has 2 unspecified atom stereocenters. The molecule has 94 valence electrons. The van der Waals surface area contributed by atoms with Crippen molar-refractivity contribution in [1.29, 1.82) is 0 Å². The molecule has 0 aliphatic carbocycles. The van der Waals surface area contributed by atoms with Gasteiger partial charge in [0, 0.05) is 30.1 Å². The minimum atomic E-state index is 0.0196. The lowest BCUT2D eigenvalue weighted by atomic mass is 9.94. The average Bonchev–Trinajstić information content (AvgIpc) is 2.76. The Kier molecular flexibility index (Phi) is 3.79. The number of hydrogen-bond donors (Lipinski definition) is 1. The smallest absolute Gasteiger partial charge is 0.223 e. The van der Waals surface area contributed by atoms with Crippen molar-refractivity contribution in [3.63, 3.8) is 0 Å². The Morgan fingerprint density at radius 1 is 1.65 bits per heavy atom. The van der Waals surface area contributed by atoms with E-state index < -0.39 is 0 Å². The van der Waals surface area contributed by atoms with E-state index >= 15 is 0 Å². The van der Waals surface area contributed by atoms with Crippen molar-refractivity contribution in [3.8, 4) is 0 Å². The van der Waals surface area contributed by atoms with Crippen molar-refractivity contribution in [2.75, 3.05) is 6.54 Å². The second kappa shape index (κ2) is 5.14. The SMILES string of the molecule is CC(C)CN1C(=O)CCC(N)C1c1cncs1. The minimum Gasteiger partial charge on any atom is -0.333 e. The quantitative estimate of drug-likeness (QED) is 0.893. The van der Waals surface area contributed by atoms with Crippen LogP contribution in [0.1, 0.15) is 37.6 Å². The van der Waals surface area contributed by atoms with Crippen LogP contribution in [0.15, 0.2) is 11.7 Å². The number of thiazole rings is 1. The van der Waals surface area contributed by atoms with E-state index in [1.807, 2.05) is 11.1 Å². The molecule has 1 amide bonds. The van der Waals surface area contributed by atoms with E-state index in [-0.39, 0.29) is 18.0 Å². The molecule has 1 aliphatic heterocycles. The van der Waals surface area contributed by atoms with E-state index in [1.165, 1.54) is 0 Å². The lowest BCUT2D eigenvalue weighted by molar-refractivity contribution is -0.138. The number of piperidine rings is 1. The molecule has 1 aliphatic rings. The predicted molar refractivity (Wildman–Crippen MR) is 68.6 cm³/mol. The largest absolute Gasteiger partial charge is 0.333 e. The number of rotatable bonds is 3. The summed E-state index contributed by atoms with van der Waals surface area (Å²) in [6.45, 7) is 5.02. The molecule has 0 bridgehead atoms. The Hall–Kier alpha value is -0.940. The molecule has 0 spiro atoms. The monoisotopic (exact) mass is 253 g/mol. The Morgan fingerprint density at radius 2 is 2.41 bits per heavy atom. The summed E-state index contributed by atoms with van der Waals surface area (Å²) in [6, 6.07) is 0.0537. The van der Waals surface area contributed by atoms with Crippen LogP contribution in [-0.2, 0) is 4.79 Å². The molecule has 0 saturated carbocycles. The Balaban J connectivity index is 2.25. The molecule has 1 aromatic rings. The fraction of sp³-hybridized carbons (Fsp3) is 0.667. The molecule has 2 atom stereocenters. The van der Waals surface area contributed by atoms with E-state index in [0.29, 0.717) is 12.3 Å². The van der Waals surface area contributed by atoms with Gasteiger partial charge in [0.05, 0.1) is 11.6 Å². The molecule has 1 aromatic heterocycles. The van der Waals surface area contributed by atoms with E-state index in [2.05, 4.69) is 18.8 Å². The van der Waals surface area contributed by atoms with E-state index in [4.69, 9.17) is 5.73 Å². The van der Waals surface area contributed by atoms with Crippen LogP contribution in [-0.4, -0.2) is 28.4 Å². The van der Waals surface area contributed by atoms with Crippen LogP contribution in [0.25, 0.3) is 0 Å². The van der Waals surface area contributed by atoms with Crippen LogP contribution in [0.5, 0.6) is 0 Å². The highest BCUT2D eigenvalue weighted by Crippen LogP contribution is 2.33. The summed E-state index contributed by atoms with van der Waals surface area (Å²) < 4.78 is 0. The van der Waals surface area contributed by atoms with Gasteiger partial charge in [-0.3, -0.25) is 9.78 Å². The summed E-state index contributed by atoms with van der Waals surface area (Å²) in [5.41, 5.74) is 7.98. The maximum atomic E-state index is 12.0. The van der Waals surface area contributed by atoms with Crippen molar-refractivity contribution in [1.82, 2.24) is 9.88 Å². The number of carbonyl (C=O) groups is 1. The third kappa shape index (κ3) is 2.66. The second-order valence-corrected chi connectivity index (χ2v) is 5.91. The van der Waals surface area contributed by atoms with Gasteiger partial charge in [-0.25, -0.2) is 0 Å². The molecular formula is C12H19N3OS. The van der Waals surface area contributed by atoms with Crippen molar-refractivity contribution in [2.45, 2.75) is 38.8 Å². The molecular weight excluding hydrogens is 234 g/mol. The second-order valence-electron chi connectivity index (χ2n) is 4.99. The van der Waals surface area contributed by atoms with Crippen molar-refractivity contribution < 1.29 is 4.79 Å². The minimum absolute atomic E-state index is 0.0196. The molecule has 1 saturated heterocycles. The van der Waals surface area contributed by atoms with Crippen LogP contribution in [0.3, 0.4) is 0 Å². The van der Waals surface area contributed by atoms with E-state index in [1.54, 1.807) is 16.8 Å². The first-order chi connectivity index (χ1) is 8.09. The maximum absolute atomic E-state index is 12.0. The number of amides is 1. The highest BCUT2D eigenvalue weighted by atomic mass is 32.1. The average molecular weight is 253 g/mol. The van der Waals surface area contributed by atoms with Crippen LogP contribution in [0, 0.1) is 5.92 Å². The summed E-state index contributed by atoms with van der Waals surface area (Å²) in [6.07, 6.45) is 3.18. The van der Waals surface area contributed by atoms with Crippen molar-refractivity contribution in [2.24, 2.45) is 11.7 Å². The van der Waals surface area contributed by atoms with Gasteiger partial charge in [-0.05, 0) is 12.3 Å². The zero-order valence-corrected chi connectivity index (χ0v) is 11.1. The van der Waals surface area contributed by atoms with Crippen LogP contribution in [0.2, 0.25) is 0 Å². The molecule has 1 fully saturated rings. The van der Waals surface area contributed by atoms with Gasteiger partial charge >= 0.3 is 0 Å². The summed E-state index contributed by atoms with van der Waals surface area (Å²) in [5.74, 6) is 0.679. The lowest BCUT2D eigenvalue weighted by Gasteiger charge is -2.39. The van der Waals surface area contributed by atoms with Gasteiger partial charge in [-0.15, -0.1) is 11.3 Å². The predicted octanol–water partition coefficient (Wildman–Crippen LogP) is 1.79. The van der Waals surface area contributed by atoms with Gasteiger partial charge in [-0.1, -0.05) is 13.8 Å². The number of aromatic nitrogens is 1. The molecule has 5 heteroatoms. The van der Waals surface area contributed by atoms with Gasteiger partial charge in [-0.2, -0.15) is 0 Å². The third-order valence-electron chi connectivity index (χ3n) is 3.06. The first-order valence-corrected chi connectivity index (χ1v) is 6.91. The first-order valence-electron chi connectivity index (χ1n) is 6.03. The Bertz CT molecular complexity index is 377. The fourth-order valence-electron chi connectivity index (χ4n) is 2.32. The van der Waals surface area contributed by atoms with Gasteiger partial charge in [0.2, 0.25) is 5.91 Å². The first kappa shape index (κ1) is 12.5. The summed E-state index contributed by atoms with van der Waals surface area (Å²) in [4.78, 5) is 19.2. The van der Waals surface area contributed by atoms with Crippen LogP contribution >= 0.6 is 11.3 Å². The molecule has 0 aromatic carbocycles. The third-order valence-corrected chi connectivity index (χ3v) is 3.90. The maximum Gasteiger partial charge on any atom is 0.223 e. The van der Waals surface area contributed by atoms with Crippen molar-refractivity contribution in [3.05, 3.63) is 16.6 Å². The summed E-state index contributed by atoms with van der Waals surface area (Å²) in [5, 5.41) is 0. The molecule has 2 heterocycles. The molecule has 4 nitrogen and oxygen atoms in total. The number of likely N-dealkylation sites (tertiary alicyclic amines) is 1. The number of hydrogen-bond acceptors (Lipinski definition) is 4. The van der Waals surface area contributed by atoms with Gasteiger partial charge < -0.3 is 10.6 Å². The highest BCUT2D eigenvalue weighted by molar-refractivity contribution is 7.09. The van der Waals surface area contributed by atoms with Gasteiger partial charge in [0.25, 0.3) is 0 Å². The lowest BCUT2D eigenvalue weighted by Crippen LogP contribution is -2.49. The topological polar surface area (TPSA) is 59.2 Å². The zero-order chi connectivity index (χ0) is 12.4. The number of nitrogens with two attached hydrogens (primary N) is 1. The summed E-state index contributed by atoms with van der Waals surface area (Å²) in [7, 11) is 0. The Morgan fingerprint density at radius 3 is 3.00 bits per heavy atom. The highest BCUT2D eigenvalue weighted by Gasteiger charge is 2.35. The fourth-order valence-corrected chi connectivity index (χ4v) is 3.13. The van der Waals surface area contributed by atoms with Crippen molar-refractivity contribution >= 4 is 17.2 Å². The zero-order valence-electron chi connectivity index (χ0n) is 10.3. The molecule has 2 N–H and O–H groups in total. The number of carbonyl (C=O) groups excluding carboxylic acids is 1. The molecule has 2 rings (SSSR count). The molecule has 17 heavy (non-hydrogen) atoms. The number of nitrogens with zero attached hydrogens (tertiary/aromatic N) is 2. The standard InChI is InChI=1S/C12H19N3OS/c1-8(2)6-15-11(16)4-3-9(13)12(15)10-5-14-7-17-10/h5,7-9,12H,3-4,6,13H2,1-2H3. The van der Waals surface area contributed by atoms with Gasteiger partial charge in [0.1, 0.15) is 0 Å². The van der Waals surface area contributed by atoms with E-state index in [9.17, 15) is 4.79 Å². The van der Waals surface area contributed by atoms with Crippen LogP contribution in [0.4, 0.5) is 0 Å². The normalized spacial score (nSPS) is 25.6. The molecule has 0 radical (unpaired) electrons. The Labute approximate surface area is 106 Å².